The Labute approximate surface area is 102 Å². The fourth-order valence-corrected chi connectivity index (χ4v) is 1.68. The van der Waals surface area contributed by atoms with E-state index in [4.69, 9.17) is 10.2 Å². The van der Waals surface area contributed by atoms with Gasteiger partial charge in [0, 0.05) is 13.0 Å². The van der Waals surface area contributed by atoms with Crippen LogP contribution in [-0.2, 0) is 11.4 Å². The third-order valence-corrected chi connectivity index (χ3v) is 2.56. The molecule has 0 aromatic heterocycles. The van der Waals surface area contributed by atoms with E-state index in [0.717, 1.165) is 31.4 Å². The fourth-order valence-electron chi connectivity index (χ4n) is 1.68. The Bertz CT molecular complexity index is 329. The molecule has 0 spiro atoms. The van der Waals surface area contributed by atoms with Crippen LogP contribution < -0.4 is 0 Å². The van der Waals surface area contributed by atoms with Crippen molar-refractivity contribution in [3.05, 3.63) is 35.9 Å². The Morgan fingerprint density at radius 1 is 1.19 bits per heavy atom. The molecule has 1 fully saturated rings. The zero-order valence-corrected chi connectivity index (χ0v) is 10.0. The van der Waals surface area contributed by atoms with Crippen molar-refractivity contribution in [3.63, 3.8) is 0 Å². The van der Waals surface area contributed by atoms with Crippen molar-refractivity contribution in [1.82, 2.24) is 5.06 Å². The molecule has 0 atom stereocenters. The van der Waals surface area contributed by atoms with Gasteiger partial charge in [0.1, 0.15) is 5.84 Å². The smallest absolute Gasteiger partial charge is 0.121 e. The first-order valence-electron chi connectivity index (χ1n) is 5.38. The molecule has 0 bridgehead atoms. The molecule has 0 amide bonds. The summed E-state index contributed by atoms with van der Waals surface area (Å²) < 4.78 is 0. The summed E-state index contributed by atoms with van der Waals surface area (Å²) in [7, 11) is 0. The highest BCUT2D eigenvalue weighted by atomic mass is 35.5. The number of piperidine rings is 1. The summed E-state index contributed by atoms with van der Waals surface area (Å²) in [6.45, 7) is 1.41. The van der Waals surface area contributed by atoms with E-state index >= 15 is 0 Å². The molecule has 1 N–H and O–H groups in total. The summed E-state index contributed by atoms with van der Waals surface area (Å²) in [5.41, 5.74) is 1.15. The number of hydrogen-bond acceptors (Lipinski definition) is 2. The first kappa shape index (κ1) is 13.0. The van der Waals surface area contributed by atoms with Crippen molar-refractivity contribution >= 4 is 18.2 Å². The van der Waals surface area contributed by atoms with Gasteiger partial charge in [0.2, 0.25) is 0 Å². The third-order valence-electron chi connectivity index (χ3n) is 2.56. The van der Waals surface area contributed by atoms with Crippen LogP contribution in [0.4, 0.5) is 0 Å². The molecule has 4 heteroatoms. The van der Waals surface area contributed by atoms with Crippen LogP contribution in [0.2, 0.25) is 0 Å². The third kappa shape index (κ3) is 3.51. The normalized spacial score (nSPS) is 15.8. The van der Waals surface area contributed by atoms with Crippen LogP contribution in [0.5, 0.6) is 0 Å². The average molecular weight is 241 g/mol. The molecular weight excluding hydrogens is 224 g/mol. The van der Waals surface area contributed by atoms with E-state index in [1.807, 2.05) is 30.3 Å². The van der Waals surface area contributed by atoms with Crippen molar-refractivity contribution in [2.24, 2.45) is 0 Å². The summed E-state index contributed by atoms with van der Waals surface area (Å²) in [4.78, 5) is 5.59. The molecule has 0 unspecified atom stereocenters. The van der Waals surface area contributed by atoms with Gasteiger partial charge in [0.05, 0.1) is 6.61 Å². The number of hydrogen-bond donors (Lipinski definition) is 1. The Morgan fingerprint density at radius 3 is 2.62 bits per heavy atom. The maximum atomic E-state index is 7.71. The van der Waals surface area contributed by atoms with Crippen LogP contribution in [0.1, 0.15) is 24.8 Å². The molecule has 88 valence electrons. The number of halogens is 1. The minimum absolute atomic E-state index is 0. The van der Waals surface area contributed by atoms with Gasteiger partial charge in [-0.1, -0.05) is 30.3 Å². The molecular formula is C12H17ClN2O. The predicted molar refractivity (Wildman–Crippen MR) is 66.8 cm³/mol. The Balaban J connectivity index is 0.00000128. The van der Waals surface area contributed by atoms with Crippen LogP contribution in [-0.4, -0.2) is 17.4 Å². The lowest BCUT2D eigenvalue weighted by molar-refractivity contribution is -0.118. The summed E-state index contributed by atoms with van der Waals surface area (Å²) in [5.74, 6) is 0.609. The van der Waals surface area contributed by atoms with Gasteiger partial charge in [-0.3, -0.25) is 10.2 Å². The number of rotatable bonds is 3. The Hall–Kier alpha value is -1.06. The van der Waals surface area contributed by atoms with Crippen LogP contribution >= 0.6 is 12.4 Å². The van der Waals surface area contributed by atoms with Crippen molar-refractivity contribution in [2.45, 2.75) is 25.9 Å². The molecule has 1 aromatic carbocycles. The van der Waals surface area contributed by atoms with Gasteiger partial charge < -0.3 is 0 Å². The molecule has 16 heavy (non-hydrogen) atoms. The van der Waals surface area contributed by atoms with Gasteiger partial charge in [-0.2, -0.15) is 0 Å². The molecule has 1 aromatic rings. The Kier molecular flexibility index (Phi) is 5.29. The number of hydroxylamine groups is 2. The molecule has 2 rings (SSSR count). The van der Waals surface area contributed by atoms with Gasteiger partial charge in [-0.05, 0) is 18.4 Å². The summed E-state index contributed by atoms with van der Waals surface area (Å²) in [5, 5.41) is 9.43. The maximum absolute atomic E-state index is 7.71. The molecule has 0 radical (unpaired) electrons. The lowest BCUT2D eigenvalue weighted by atomic mass is 10.1. The van der Waals surface area contributed by atoms with Crippen LogP contribution in [0.25, 0.3) is 0 Å². The van der Waals surface area contributed by atoms with E-state index in [9.17, 15) is 0 Å². The second-order valence-electron chi connectivity index (χ2n) is 3.76. The topological polar surface area (TPSA) is 36.3 Å². The lowest BCUT2D eigenvalue weighted by Gasteiger charge is -2.27. The molecule has 1 aliphatic rings. The van der Waals surface area contributed by atoms with E-state index in [0.29, 0.717) is 12.4 Å². The lowest BCUT2D eigenvalue weighted by Crippen LogP contribution is -2.34. The second-order valence-corrected chi connectivity index (χ2v) is 3.76. The van der Waals surface area contributed by atoms with Gasteiger partial charge in [0.25, 0.3) is 0 Å². The van der Waals surface area contributed by atoms with Gasteiger partial charge in [-0.25, -0.2) is 5.06 Å². The Morgan fingerprint density at radius 2 is 1.94 bits per heavy atom. The SMILES string of the molecule is Cl.N=C1CCCCN1OCc1ccccc1. The van der Waals surface area contributed by atoms with Gasteiger partial charge in [-0.15, -0.1) is 12.4 Å². The highest BCUT2D eigenvalue weighted by Crippen LogP contribution is 2.12. The molecule has 3 nitrogen and oxygen atoms in total. The van der Waals surface area contributed by atoms with Gasteiger partial charge >= 0.3 is 0 Å². The summed E-state index contributed by atoms with van der Waals surface area (Å²) >= 11 is 0. The first-order valence-corrected chi connectivity index (χ1v) is 5.38. The maximum Gasteiger partial charge on any atom is 0.121 e. The monoisotopic (exact) mass is 240 g/mol. The van der Waals surface area contributed by atoms with E-state index in [2.05, 4.69) is 0 Å². The highest BCUT2D eigenvalue weighted by molar-refractivity contribution is 5.85. The van der Waals surface area contributed by atoms with Crippen LogP contribution in [0.3, 0.4) is 0 Å². The minimum Gasteiger partial charge on any atom is -0.287 e. The molecule has 1 saturated heterocycles. The number of nitrogens with zero attached hydrogens (tertiary/aromatic N) is 1. The van der Waals surface area contributed by atoms with Crippen molar-refractivity contribution in [2.75, 3.05) is 6.54 Å². The predicted octanol–water partition coefficient (Wildman–Crippen LogP) is 3.00. The zero-order valence-electron chi connectivity index (χ0n) is 9.19. The molecule has 1 heterocycles. The number of amidine groups is 1. The number of benzene rings is 1. The summed E-state index contributed by atoms with van der Waals surface area (Å²) in [6.07, 6.45) is 3.08. The van der Waals surface area contributed by atoms with Crippen LogP contribution in [0.15, 0.2) is 30.3 Å². The first-order chi connectivity index (χ1) is 7.36. The quantitative estimate of drug-likeness (QED) is 0.882. The average Bonchev–Trinajstić information content (AvgIpc) is 2.29. The van der Waals surface area contributed by atoms with Crippen LogP contribution in [0, 0.1) is 5.41 Å². The standard InChI is InChI=1S/C12H16N2O.ClH/c13-12-8-4-5-9-14(12)15-10-11-6-2-1-3-7-11;/h1-3,6-7,13H,4-5,8-10H2;1H. The zero-order chi connectivity index (χ0) is 10.5. The largest absolute Gasteiger partial charge is 0.287 e. The van der Waals surface area contributed by atoms with Gasteiger partial charge in [0.15, 0.2) is 0 Å². The molecule has 0 saturated carbocycles. The van der Waals surface area contributed by atoms with Crippen molar-refractivity contribution in [3.8, 4) is 0 Å². The van der Waals surface area contributed by atoms with E-state index in [1.54, 1.807) is 5.06 Å². The van der Waals surface area contributed by atoms with Crippen molar-refractivity contribution < 1.29 is 4.84 Å². The van der Waals surface area contributed by atoms with E-state index in [-0.39, 0.29) is 12.4 Å². The second kappa shape index (κ2) is 6.51. The molecule has 1 aliphatic heterocycles. The summed E-state index contributed by atoms with van der Waals surface area (Å²) in [6, 6.07) is 10.1. The molecule has 0 aliphatic carbocycles. The van der Waals surface area contributed by atoms with E-state index in [1.165, 1.54) is 0 Å². The highest BCUT2D eigenvalue weighted by Gasteiger charge is 2.15. The number of nitrogens with one attached hydrogen (secondary N) is 1. The van der Waals surface area contributed by atoms with Crippen molar-refractivity contribution in [1.29, 1.82) is 5.41 Å². The van der Waals surface area contributed by atoms with E-state index < -0.39 is 0 Å². The fraction of sp³-hybridized carbons (Fsp3) is 0.417. The minimum atomic E-state index is 0.